The molecule has 0 bridgehead atoms. The van der Waals surface area contributed by atoms with Crippen LogP contribution < -0.4 is 10.6 Å². The van der Waals surface area contributed by atoms with Crippen LogP contribution in [0.4, 0.5) is 0 Å². The van der Waals surface area contributed by atoms with Crippen molar-refractivity contribution in [3.8, 4) is 0 Å². The standard InChI is InChI=1S/C15H30N4O.HI/c1-7-9-10-11-19(6)14(17-8-2)18-12-15(3,4)13(20)16-5;/h7H,1,8-12H2,2-6H3,(H,16,20)(H,17,18);1H. The maximum absolute atomic E-state index is 11.8. The first-order valence-electron chi connectivity index (χ1n) is 7.21. The molecule has 0 saturated carbocycles. The summed E-state index contributed by atoms with van der Waals surface area (Å²) in [6.07, 6.45) is 3.96. The molecule has 0 aliphatic heterocycles. The Labute approximate surface area is 146 Å². The van der Waals surface area contributed by atoms with E-state index in [0.717, 1.165) is 31.9 Å². The number of rotatable bonds is 8. The Morgan fingerprint density at radius 3 is 2.52 bits per heavy atom. The topological polar surface area (TPSA) is 56.7 Å². The van der Waals surface area contributed by atoms with Crippen LogP contribution in [0.3, 0.4) is 0 Å². The first kappa shape index (κ1) is 22.5. The van der Waals surface area contributed by atoms with Crippen molar-refractivity contribution in [3.63, 3.8) is 0 Å². The molecule has 0 saturated heterocycles. The molecule has 21 heavy (non-hydrogen) atoms. The first-order chi connectivity index (χ1) is 9.38. The normalized spacial score (nSPS) is 11.4. The molecular formula is C15H31IN4O. The van der Waals surface area contributed by atoms with E-state index < -0.39 is 5.41 Å². The van der Waals surface area contributed by atoms with Gasteiger partial charge >= 0.3 is 0 Å². The van der Waals surface area contributed by atoms with Crippen LogP contribution in [0.15, 0.2) is 17.6 Å². The van der Waals surface area contributed by atoms with Gasteiger partial charge in [0.1, 0.15) is 0 Å². The Balaban J connectivity index is 0. The highest BCUT2D eigenvalue weighted by Gasteiger charge is 2.26. The zero-order valence-electron chi connectivity index (χ0n) is 14.0. The molecule has 0 radical (unpaired) electrons. The highest BCUT2D eigenvalue weighted by Crippen LogP contribution is 2.15. The van der Waals surface area contributed by atoms with Crippen molar-refractivity contribution in [3.05, 3.63) is 12.7 Å². The van der Waals surface area contributed by atoms with Gasteiger partial charge in [-0.05, 0) is 33.6 Å². The van der Waals surface area contributed by atoms with Gasteiger partial charge in [-0.25, -0.2) is 0 Å². The summed E-state index contributed by atoms with van der Waals surface area (Å²) in [7, 11) is 3.66. The summed E-state index contributed by atoms with van der Waals surface area (Å²) in [5, 5.41) is 5.94. The van der Waals surface area contributed by atoms with Gasteiger partial charge in [-0.15, -0.1) is 30.6 Å². The number of nitrogens with one attached hydrogen (secondary N) is 2. The molecule has 2 N–H and O–H groups in total. The van der Waals surface area contributed by atoms with Gasteiger partial charge in [0.25, 0.3) is 0 Å². The van der Waals surface area contributed by atoms with Crippen LogP contribution in [0, 0.1) is 5.41 Å². The third kappa shape index (κ3) is 8.95. The number of halogens is 1. The summed E-state index contributed by atoms with van der Waals surface area (Å²) in [6, 6.07) is 0. The molecule has 0 aliphatic rings. The van der Waals surface area contributed by atoms with Gasteiger partial charge in [-0.2, -0.15) is 0 Å². The quantitative estimate of drug-likeness (QED) is 0.212. The number of allylic oxidation sites excluding steroid dienone is 1. The number of amides is 1. The van der Waals surface area contributed by atoms with Gasteiger partial charge in [-0.3, -0.25) is 9.79 Å². The van der Waals surface area contributed by atoms with Gasteiger partial charge < -0.3 is 15.5 Å². The van der Waals surface area contributed by atoms with Gasteiger partial charge in [0, 0.05) is 27.2 Å². The number of hydrogen-bond donors (Lipinski definition) is 2. The molecule has 0 heterocycles. The zero-order chi connectivity index (χ0) is 15.6. The van der Waals surface area contributed by atoms with Gasteiger partial charge in [0.05, 0.1) is 12.0 Å². The van der Waals surface area contributed by atoms with Crippen molar-refractivity contribution in [2.75, 3.05) is 33.7 Å². The van der Waals surface area contributed by atoms with Gasteiger partial charge in [-0.1, -0.05) is 6.08 Å². The number of nitrogens with zero attached hydrogens (tertiary/aromatic N) is 2. The Hall–Kier alpha value is -0.790. The first-order valence-corrected chi connectivity index (χ1v) is 7.21. The summed E-state index contributed by atoms with van der Waals surface area (Å²) in [6.45, 7) is 11.7. The van der Waals surface area contributed by atoms with Crippen LogP contribution in [-0.2, 0) is 4.79 Å². The van der Waals surface area contributed by atoms with Gasteiger partial charge in [0.2, 0.25) is 5.91 Å². The molecule has 5 nitrogen and oxygen atoms in total. The lowest BCUT2D eigenvalue weighted by atomic mass is 9.93. The summed E-state index contributed by atoms with van der Waals surface area (Å²) in [4.78, 5) is 18.4. The number of aliphatic imine (C=N–C) groups is 1. The van der Waals surface area contributed by atoms with Crippen LogP contribution in [0.1, 0.15) is 33.6 Å². The third-order valence-electron chi connectivity index (χ3n) is 3.06. The molecule has 0 aromatic heterocycles. The smallest absolute Gasteiger partial charge is 0.227 e. The van der Waals surface area contributed by atoms with Crippen LogP contribution in [0.2, 0.25) is 0 Å². The molecule has 0 aliphatic carbocycles. The summed E-state index contributed by atoms with van der Waals surface area (Å²) in [5.41, 5.74) is -0.503. The van der Waals surface area contributed by atoms with Gasteiger partial charge in [0.15, 0.2) is 5.96 Å². The van der Waals surface area contributed by atoms with E-state index in [1.807, 2.05) is 33.9 Å². The van der Waals surface area contributed by atoms with E-state index in [-0.39, 0.29) is 29.9 Å². The fraction of sp³-hybridized carbons (Fsp3) is 0.733. The minimum absolute atomic E-state index is 0. The zero-order valence-corrected chi connectivity index (χ0v) is 16.4. The lowest BCUT2D eigenvalue weighted by Gasteiger charge is -2.25. The largest absolute Gasteiger partial charge is 0.359 e. The predicted molar refractivity (Wildman–Crippen MR) is 101 cm³/mol. The molecule has 0 rings (SSSR count). The second-order valence-corrected chi connectivity index (χ2v) is 5.49. The molecule has 124 valence electrons. The number of unbranched alkanes of at least 4 members (excludes halogenated alkanes) is 1. The Kier molecular flexibility index (Phi) is 12.7. The van der Waals surface area contributed by atoms with E-state index in [1.54, 1.807) is 7.05 Å². The van der Waals surface area contributed by atoms with E-state index in [4.69, 9.17) is 0 Å². The Bertz CT molecular complexity index is 343. The summed E-state index contributed by atoms with van der Waals surface area (Å²) >= 11 is 0. The highest BCUT2D eigenvalue weighted by molar-refractivity contribution is 14.0. The van der Waals surface area contributed by atoms with Crippen LogP contribution >= 0.6 is 24.0 Å². The van der Waals surface area contributed by atoms with Crippen molar-refractivity contribution in [1.29, 1.82) is 0 Å². The second kappa shape index (κ2) is 11.8. The van der Waals surface area contributed by atoms with E-state index in [0.29, 0.717) is 6.54 Å². The number of guanidine groups is 1. The monoisotopic (exact) mass is 410 g/mol. The molecule has 0 unspecified atom stereocenters. The molecule has 0 spiro atoms. The molecule has 0 atom stereocenters. The minimum atomic E-state index is -0.503. The Morgan fingerprint density at radius 2 is 2.05 bits per heavy atom. The predicted octanol–water partition coefficient (Wildman–Crippen LogP) is 2.24. The molecule has 1 amide bonds. The average molecular weight is 410 g/mol. The van der Waals surface area contributed by atoms with E-state index in [2.05, 4.69) is 27.1 Å². The molecule has 0 aromatic carbocycles. The van der Waals surface area contributed by atoms with Crippen molar-refractivity contribution < 1.29 is 4.79 Å². The molecular weight excluding hydrogens is 379 g/mol. The van der Waals surface area contributed by atoms with Crippen LogP contribution in [0.5, 0.6) is 0 Å². The lowest BCUT2D eigenvalue weighted by Crippen LogP contribution is -2.42. The highest BCUT2D eigenvalue weighted by atomic mass is 127. The molecule has 0 fully saturated rings. The van der Waals surface area contributed by atoms with Crippen LogP contribution in [0.25, 0.3) is 0 Å². The maximum Gasteiger partial charge on any atom is 0.227 e. The fourth-order valence-electron chi connectivity index (χ4n) is 1.73. The minimum Gasteiger partial charge on any atom is -0.359 e. The maximum atomic E-state index is 11.8. The fourth-order valence-corrected chi connectivity index (χ4v) is 1.73. The number of carbonyl (C=O) groups excluding carboxylic acids is 1. The summed E-state index contributed by atoms with van der Waals surface area (Å²) < 4.78 is 0. The van der Waals surface area contributed by atoms with Crippen LogP contribution in [-0.4, -0.2) is 50.5 Å². The number of carbonyl (C=O) groups is 1. The van der Waals surface area contributed by atoms with E-state index in [9.17, 15) is 4.79 Å². The molecule has 0 aromatic rings. The number of hydrogen-bond acceptors (Lipinski definition) is 2. The van der Waals surface area contributed by atoms with Crippen molar-refractivity contribution >= 4 is 35.8 Å². The second-order valence-electron chi connectivity index (χ2n) is 5.49. The van der Waals surface area contributed by atoms with Crippen molar-refractivity contribution in [1.82, 2.24) is 15.5 Å². The van der Waals surface area contributed by atoms with E-state index >= 15 is 0 Å². The SMILES string of the molecule is C=CCCCN(C)C(=NCC(C)(C)C(=O)NC)NCC.I. The molecule has 6 heteroatoms. The van der Waals surface area contributed by atoms with Crippen molar-refractivity contribution in [2.45, 2.75) is 33.6 Å². The third-order valence-corrected chi connectivity index (χ3v) is 3.06. The summed E-state index contributed by atoms with van der Waals surface area (Å²) in [5.74, 6) is 0.847. The van der Waals surface area contributed by atoms with E-state index in [1.165, 1.54) is 0 Å². The van der Waals surface area contributed by atoms with Crippen molar-refractivity contribution in [2.24, 2.45) is 10.4 Å². The average Bonchev–Trinajstić information content (AvgIpc) is 2.42. The lowest BCUT2D eigenvalue weighted by molar-refractivity contribution is -0.128. The Morgan fingerprint density at radius 1 is 1.43 bits per heavy atom.